The standard InChI is InChI=1S/C28H35NO4/c1-17-14-22-21-9-7-18-15-20(30)11-12-26(18,2)25(21)23(31)16-27(22,3)28(17,33)24(32)10-8-19-6-4-5-13-29-19/h4-6,11-13,15,17,21-23,25,31,33H,7-10,14,16H2,1-3H3/t17-,21?,22?,23+,25?,26?,27?,28+/m1/s1. The summed E-state index contributed by atoms with van der Waals surface area (Å²) in [6.07, 6.45) is 10.1. The van der Waals surface area contributed by atoms with E-state index in [0.29, 0.717) is 12.8 Å². The number of rotatable bonds is 4. The van der Waals surface area contributed by atoms with Crippen molar-refractivity contribution in [2.45, 2.75) is 71.0 Å². The largest absolute Gasteiger partial charge is 0.393 e. The van der Waals surface area contributed by atoms with Crippen molar-refractivity contribution in [3.63, 3.8) is 0 Å². The van der Waals surface area contributed by atoms with Crippen molar-refractivity contribution in [1.82, 2.24) is 4.98 Å². The van der Waals surface area contributed by atoms with Gasteiger partial charge >= 0.3 is 0 Å². The number of aliphatic hydroxyl groups excluding tert-OH is 1. The molecule has 5 nitrogen and oxygen atoms in total. The van der Waals surface area contributed by atoms with Gasteiger partial charge < -0.3 is 10.2 Å². The molecule has 0 aliphatic heterocycles. The number of aromatic nitrogens is 1. The second-order valence-corrected chi connectivity index (χ2v) is 11.4. The molecule has 0 radical (unpaired) electrons. The summed E-state index contributed by atoms with van der Waals surface area (Å²) in [7, 11) is 0. The van der Waals surface area contributed by atoms with Gasteiger partial charge in [0, 0.05) is 35.1 Å². The Morgan fingerprint density at radius 3 is 2.79 bits per heavy atom. The molecule has 5 rings (SSSR count). The molecule has 0 saturated heterocycles. The van der Waals surface area contributed by atoms with Gasteiger partial charge in [-0.05, 0) is 74.1 Å². The van der Waals surface area contributed by atoms with Crippen LogP contribution in [-0.4, -0.2) is 38.5 Å². The molecule has 5 unspecified atom stereocenters. The van der Waals surface area contributed by atoms with E-state index in [-0.39, 0.29) is 47.1 Å². The molecule has 5 heteroatoms. The third-order valence-electron chi connectivity index (χ3n) is 9.84. The number of Topliss-reactive ketones (excluding diaryl/α,β-unsaturated/α-hetero) is 1. The van der Waals surface area contributed by atoms with E-state index < -0.39 is 17.1 Å². The molecule has 0 aromatic carbocycles. The van der Waals surface area contributed by atoms with E-state index >= 15 is 0 Å². The van der Waals surface area contributed by atoms with Crippen molar-refractivity contribution in [3.05, 3.63) is 53.9 Å². The van der Waals surface area contributed by atoms with E-state index in [2.05, 4.69) is 11.9 Å². The third kappa shape index (κ3) is 3.15. The number of hydrogen-bond donors (Lipinski definition) is 2. The van der Waals surface area contributed by atoms with E-state index in [1.165, 1.54) is 0 Å². The number of aliphatic hydroxyl groups is 2. The number of allylic oxidation sites excluding steroid dienone is 4. The van der Waals surface area contributed by atoms with Crippen molar-refractivity contribution in [3.8, 4) is 0 Å². The summed E-state index contributed by atoms with van der Waals surface area (Å²) in [5.74, 6) is 0.106. The summed E-state index contributed by atoms with van der Waals surface area (Å²) in [4.78, 5) is 29.9. The molecular weight excluding hydrogens is 414 g/mol. The SMILES string of the molecule is C[C@@H]1CC2C3CCC4=CC(=O)C=CC4(C)C3[C@@H](O)CC2(C)[C@@]1(O)C(=O)CCc1ccccn1. The lowest BCUT2D eigenvalue weighted by Gasteiger charge is -2.59. The number of nitrogens with zero attached hydrogens (tertiary/aromatic N) is 1. The van der Waals surface area contributed by atoms with Crippen molar-refractivity contribution >= 4 is 11.6 Å². The minimum atomic E-state index is -1.45. The van der Waals surface area contributed by atoms with Crippen LogP contribution in [0.25, 0.3) is 0 Å². The molecule has 3 fully saturated rings. The predicted octanol–water partition coefficient (Wildman–Crippen LogP) is 3.84. The minimum Gasteiger partial charge on any atom is -0.393 e. The van der Waals surface area contributed by atoms with Crippen molar-refractivity contribution in [2.75, 3.05) is 0 Å². The molecule has 1 heterocycles. The fourth-order valence-corrected chi connectivity index (χ4v) is 8.23. The molecule has 8 atom stereocenters. The third-order valence-corrected chi connectivity index (χ3v) is 9.84. The molecular formula is C28H35NO4. The number of aryl methyl sites for hydroxylation is 1. The van der Waals surface area contributed by atoms with Gasteiger partial charge in [-0.2, -0.15) is 0 Å². The summed E-state index contributed by atoms with van der Waals surface area (Å²) >= 11 is 0. The topological polar surface area (TPSA) is 87.5 Å². The predicted molar refractivity (Wildman–Crippen MR) is 125 cm³/mol. The van der Waals surface area contributed by atoms with Gasteiger partial charge in [0.25, 0.3) is 0 Å². The summed E-state index contributed by atoms with van der Waals surface area (Å²) in [6.45, 7) is 6.18. The highest BCUT2D eigenvalue weighted by Gasteiger charge is 2.70. The van der Waals surface area contributed by atoms with E-state index in [4.69, 9.17) is 0 Å². The Morgan fingerprint density at radius 2 is 2.06 bits per heavy atom. The second-order valence-electron chi connectivity index (χ2n) is 11.4. The smallest absolute Gasteiger partial charge is 0.178 e. The average molecular weight is 450 g/mol. The Balaban J connectivity index is 1.45. The molecule has 1 aromatic rings. The van der Waals surface area contributed by atoms with Crippen LogP contribution in [0, 0.1) is 34.5 Å². The average Bonchev–Trinajstić information content (AvgIpc) is 2.99. The van der Waals surface area contributed by atoms with Gasteiger partial charge in [-0.3, -0.25) is 14.6 Å². The molecule has 1 aromatic heterocycles. The van der Waals surface area contributed by atoms with Crippen molar-refractivity contribution < 1.29 is 19.8 Å². The molecule has 176 valence electrons. The first-order valence-corrected chi connectivity index (χ1v) is 12.4. The first-order valence-electron chi connectivity index (χ1n) is 12.4. The van der Waals surface area contributed by atoms with Crippen LogP contribution >= 0.6 is 0 Å². The number of carbonyl (C=O) groups excluding carboxylic acids is 2. The summed E-state index contributed by atoms with van der Waals surface area (Å²) in [5.41, 5.74) is -0.492. The molecule has 2 N–H and O–H groups in total. The van der Waals surface area contributed by atoms with Crippen LogP contribution in [0.1, 0.15) is 58.6 Å². The van der Waals surface area contributed by atoms with Crippen LogP contribution in [-0.2, 0) is 16.0 Å². The zero-order chi connectivity index (χ0) is 23.6. The Labute approximate surface area is 196 Å². The van der Waals surface area contributed by atoms with E-state index in [1.54, 1.807) is 18.3 Å². The first-order chi connectivity index (χ1) is 15.6. The maximum Gasteiger partial charge on any atom is 0.178 e. The highest BCUT2D eigenvalue weighted by Crippen LogP contribution is 2.68. The van der Waals surface area contributed by atoms with Crippen LogP contribution in [0.2, 0.25) is 0 Å². The zero-order valence-electron chi connectivity index (χ0n) is 19.8. The van der Waals surface area contributed by atoms with Gasteiger partial charge in [-0.15, -0.1) is 0 Å². The fourth-order valence-electron chi connectivity index (χ4n) is 8.23. The highest BCUT2D eigenvalue weighted by molar-refractivity contribution is 6.01. The van der Waals surface area contributed by atoms with Gasteiger partial charge in [-0.1, -0.05) is 38.5 Å². The Morgan fingerprint density at radius 1 is 1.27 bits per heavy atom. The van der Waals surface area contributed by atoms with Crippen LogP contribution < -0.4 is 0 Å². The summed E-state index contributed by atoms with van der Waals surface area (Å²) < 4.78 is 0. The van der Waals surface area contributed by atoms with Crippen molar-refractivity contribution in [2.24, 2.45) is 34.5 Å². The lowest BCUT2D eigenvalue weighted by atomic mass is 9.46. The number of carbonyl (C=O) groups is 2. The zero-order valence-corrected chi connectivity index (χ0v) is 19.8. The number of ketones is 2. The number of pyridine rings is 1. The molecule has 33 heavy (non-hydrogen) atoms. The van der Waals surface area contributed by atoms with Gasteiger partial charge in [0.05, 0.1) is 6.10 Å². The lowest BCUT2D eigenvalue weighted by molar-refractivity contribution is -0.181. The maximum absolute atomic E-state index is 13.6. The van der Waals surface area contributed by atoms with E-state index in [9.17, 15) is 19.8 Å². The van der Waals surface area contributed by atoms with Crippen LogP contribution in [0.4, 0.5) is 0 Å². The molecule has 3 saturated carbocycles. The highest BCUT2D eigenvalue weighted by atomic mass is 16.3. The monoisotopic (exact) mass is 449 g/mol. The Bertz CT molecular complexity index is 1030. The van der Waals surface area contributed by atoms with Gasteiger partial charge in [0.1, 0.15) is 5.60 Å². The van der Waals surface area contributed by atoms with Crippen LogP contribution in [0.5, 0.6) is 0 Å². The molecule has 0 spiro atoms. The Kier molecular flexibility index (Phi) is 5.30. The lowest BCUT2D eigenvalue weighted by Crippen LogP contribution is -2.62. The Hall–Kier alpha value is -2.11. The normalized spacial score (nSPS) is 44.0. The van der Waals surface area contributed by atoms with Gasteiger partial charge in [0.15, 0.2) is 11.6 Å². The molecule has 0 bridgehead atoms. The molecule has 4 aliphatic rings. The molecule has 4 aliphatic carbocycles. The van der Waals surface area contributed by atoms with Gasteiger partial charge in [-0.25, -0.2) is 0 Å². The molecule has 0 amide bonds. The maximum atomic E-state index is 13.6. The van der Waals surface area contributed by atoms with Crippen LogP contribution in [0.15, 0.2) is 48.2 Å². The van der Waals surface area contributed by atoms with Crippen molar-refractivity contribution in [1.29, 1.82) is 0 Å². The van der Waals surface area contributed by atoms with E-state index in [0.717, 1.165) is 30.5 Å². The summed E-state index contributed by atoms with van der Waals surface area (Å²) in [5, 5.41) is 23.6. The quantitative estimate of drug-likeness (QED) is 0.729. The minimum absolute atomic E-state index is 0.00176. The first kappa shape index (κ1) is 22.7. The second kappa shape index (κ2) is 7.71. The summed E-state index contributed by atoms with van der Waals surface area (Å²) in [6, 6.07) is 5.67. The number of fused-ring (bicyclic) bond motifs is 5. The van der Waals surface area contributed by atoms with E-state index in [1.807, 2.05) is 38.1 Å². The van der Waals surface area contributed by atoms with Gasteiger partial charge in [0.2, 0.25) is 0 Å². The number of hydrogen-bond acceptors (Lipinski definition) is 5. The van der Waals surface area contributed by atoms with Crippen LogP contribution in [0.3, 0.4) is 0 Å². The fraction of sp³-hybridized carbons (Fsp3) is 0.607.